The zero-order valence-corrected chi connectivity index (χ0v) is 14.3. The Kier molecular flexibility index (Phi) is 4.51. The summed E-state index contributed by atoms with van der Waals surface area (Å²) in [6.45, 7) is 0.616. The predicted octanol–water partition coefficient (Wildman–Crippen LogP) is 2.12. The van der Waals surface area contributed by atoms with Gasteiger partial charge in [0, 0.05) is 6.04 Å². The monoisotopic (exact) mass is 343 g/mol. The average molecular weight is 343 g/mol. The highest BCUT2D eigenvalue weighted by Crippen LogP contribution is 2.44. The zero-order chi connectivity index (χ0) is 16.4. The number of amides is 1. The Bertz CT molecular complexity index is 684. The second-order valence-electron chi connectivity index (χ2n) is 6.66. The number of aromatic nitrogens is 4. The molecule has 0 bridgehead atoms. The number of carbonyl (C=O) groups excluding carboxylic acids is 1. The third-order valence-corrected chi connectivity index (χ3v) is 5.55. The standard InChI is InChI=1S/C17H21N5OS/c23-15(18-16(13-6-7-13)14-8-9-14)11-24-17-19-20-21-22(17)10-12-4-2-1-3-5-12/h1-5,13-14,16H,6-11H2,(H,18,23). The van der Waals surface area contributed by atoms with Crippen LogP contribution in [0.15, 0.2) is 35.5 Å². The van der Waals surface area contributed by atoms with Crippen molar-refractivity contribution >= 4 is 17.7 Å². The maximum atomic E-state index is 12.3. The summed E-state index contributed by atoms with van der Waals surface area (Å²) in [7, 11) is 0. The number of rotatable bonds is 8. The topological polar surface area (TPSA) is 72.7 Å². The Morgan fingerprint density at radius 1 is 1.21 bits per heavy atom. The molecule has 2 aliphatic carbocycles. The van der Waals surface area contributed by atoms with Crippen molar-refractivity contribution in [2.75, 3.05) is 5.75 Å². The lowest BCUT2D eigenvalue weighted by atomic mass is 10.1. The summed E-state index contributed by atoms with van der Waals surface area (Å²) in [5, 5.41) is 15.7. The summed E-state index contributed by atoms with van der Waals surface area (Å²) in [5.74, 6) is 1.90. The first-order valence-electron chi connectivity index (χ1n) is 8.52. The van der Waals surface area contributed by atoms with E-state index >= 15 is 0 Å². The molecule has 2 aliphatic rings. The number of carbonyl (C=O) groups is 1. The first-order chi connectivity index (χ1) is 11.8. The van der Waals surface area contributed by atoms with Gasteiger partial charge in [0.05, 0.1) is 12.3 Å². The SMILES string of the molecule is O=C(CSc1nnnn1Cc1ccccc1)NC(C1CC1)C1CC1. The summed E-state index contributed by atoms with van der Waals surface area (Å²) in [5.41, 5.74) is 1.14. The van der Waals surface area contributed by atoms with Crippen LogP contribution in [0.5, 0.6) is 0 Å². The Morgan fingerprint density at radius 3 is 2.58 bits per heavy atom. The van der Waals surface area contributed by atoms with Crippen LogP contribution >= 0.6 is 11.8 Å². The van der Waals surface area contributed by atoms with Crippen molar-refractivity contribution in [2.24, 2.45) is 11.8 Å². The van der Waals surface area contributed by atoms with Crippen molar-refractivity contribution in [1.82, 2.24) is 25.5 Å². The van der Waals surface area contributed by atoms with Crippen molar-refractivity contribution in [2.45, 2.75) is 43.4 Å². The lowest BCUT2D eigenvalue weighted by Crippen LogP contribution is -2.39. The van der Waals surface area contributed by atoms with E-state index in [9.17, 15) is 4.79 Å². The Balaban J connectivity index is 1.31. The highest BCUT2D eigenvalue weighted by Gasteiger charge is 2.42. The minimum Gasteiger partial charge on any atom is -0.352 e. The quantitative estimate of drug-likeness (QED) is 0.743. The summed E-state index contributed by atoms with van der Waals surface area (Å²) >= 11 is 1.40. The fourth-order valence-electron chi connectivity index (χ4n) is 3.04. The second kappa shape index (κ2) is 6.93. The average Bonchev–Trinajstić information content (AvgIpc) is 3.51. The molecule has 0 unspecified atom stereocenters. The van der Waals surface area contributed by atoms with Crippen LogP contribution in [0.25, 0.3) is 0 Å². The fraction of sp³-hybridized carbons (Fsp3) is 0.529. The maximum absolute atomic E-state index is 12.3. The maximum Gasteiger partial charge on any atom is 0.230 e. The molecule has 126 valence electrons. The van der Waals surface area contributed by atoms with E-state index in [4.69, 9.17) is 0 Å². The number of benzene rings is 1. The van der Waals surface area contributed by atoms with Gasteiger partial charge >= 0.3 is 0 Å². The molecule has 0 radical (unpaired) electrons. The minimum absolute atomic E-state index is 0.0954. The van der Waals surface area contributed by atoms with Crippen molar-refractivity contribution < 1.29 is 4.79 Å². The summed E-state index contributed by atoms with van der Waals surface area (Å²) in [4.78, 5) is 12.3. The number of hydrogen-bond donors (Lipinski definition) is 1. The smallest absolute Gasteiger partial charge is 0.230 e. The summed E-state index contributed by atoms with van der Waals surface area (Å²) in [6.07, 6.45) is 5.07. The largest absolute Gasteiger partial charge is 0.352 e. The van der Waals surface area contributed by atoms with Gasteiger partial charge in [0.15, 0.2) is 0 Å². The molecule has 1 aromatic carbocycles. The number of nitrogens with zero attached hydrogens (tertiary/aromatic N) is 4. The van der Waals surface area contributed by atoms with Gasteiger partial charge in [-0.3, -0.25) is 4.79 Å². The number of thioether (sulfide) groups is 1. The second-order valence-corrected chi connectivity index (χ2v) is 7.60. The van der Waals surface area contributed by atoms with Crippen LogP contribution in [0, 0.1) is 11.8 Å². The molecule has 2 saturated carbocycles. The van der Waals surface area contributed by atoms with Crippen LogP contribution < -0.4 is 5.32 Å². The fourth-order valence-corrected chi connectivity index (χ4v) is 3.73. The number of hydrogen-bond acceptors (Lipinski definition) is 5. The Labute approximate surface area is 145 Å². The van der Waals surface area contributed by atoms with Crippen molar-refractivity contribution in [3.63, 3.8) is 0 Å². The third kappa shape index (κ3) is 3.95. The van der Waals surface area contributed by atoms with Crippen LogP contribution in [0.3, 0.4) is 0 Å². The lowest BCUT2D eigenvalue weighted by molar-refractivity contribution is -0.119. The highest BCUT2D eigenvalue weighted by atomic mass is 32.2. The first kappa shape index (κ1) is 15.6. The molecule has 0 saturated heterocycles. The molecule has 2 fully saturated rings. The van der Waals surface area contributed by atoms with Gasteiger partial charge in [0.2, 0.25) is 11.1 Å². The molecule has 1 aromatic heterocycles. The van der Waals surface area contributed by atoms with E-state index in [1.807, 2.05) is 30.3 Å². The van der Waals surface area contributed by atoms with E-state index in [1.165, 1.54) is 37.4 Å². The molecular formula is C17H21N5OS. The molecule has 0 atom stereocenters. The van der Waals surface area contributed by atoms with E-state index in [-0.39, 0.29) is 5.91 Å². The molecule has 0 spiro atoms. The Morgan fingerprint density at radius 2 is 1.92 bits per heavy atom. The van der Waals surface area contributed by atoms with Gasteiger partial charge in [0.25, 0.3) is 0 Å². The van der Waals surface area contributed by atoms with E-state index in [2.05, 4.69) is 20.8 Å². The van der Waals surface area contributed by atoms with Crippen LogP contribution in [-0.4, -0.2) is 37.9 Å². The van der Waals surface area contributed by atoms with Crippen molar-refractivity contribution in [3.05, 3.63) is 35.9 Å². The van der Waals surface area contributed by atoms with E-state index in [0.29, 0.717) is 23.5 Å². The van der Waals surface area contributed by atoms with Crippen LogP contribution in [-0.2, 0) is 11.3 Å². The zero-order valence-electron chi connectivity index (χ0n) is 13.5. The normalized spacial score (nSPS) is 17.2. The molecule has 4 rings (SSSR count). The molecule has 1 N–H and O–H groups in total. The third-order valence-electron chi connectivity index (χ3n) is 4.59. The van der Waals surface area contributed by atoms with Crippen LogP contribution in [0.2, 0.25) is 0 Å². The number of tetrazole rings is 1. The Hall–Kier alpha value is -1.89. The summed E-state index contributed by atoms with van der Waals surface area (Å²) in [6, 6.07) is 10.5. The van der Waals surface area contributed by atoms with Crippen LogP contribution in [0.4, 0.5) is 0 Å². The van der Waals surface area contributed by atoms with Gasteiger partial charge in [-0.25, -0.2) is 4.68 Å². The van der Waals surface area contributed by atoms with Gasteiger partial charge in [-0.05, 0) is 53.5 Å². The summed E-state index contributed by atoms with van der Waals surface area (Å²) < 4.78 is 1.74. The molecule has 0 aliphatic heterocycles. The van der Waals surface area contributed by atoms with E-state index in [1.54, 1.807) is 4.68 Å². The van der Waals surface area contributed by atoms with Gasteiger partial charge in [0.1, 0.15) is 0 Å². The first-order valence-corrected chi connectivity index (χ1v) is 9.50. The van der Waals surface area contributed by atoms with Crippen LogP contribution in [0.1, 0.15) is 31.2 Å². The van der Waals surface area contributed by atoms with E-state index in [0.717, 1.165) is 17.4 Å². The minimum atomic E-state index is 0.0954. The van der Waals surface area contributed by atoms with Gasteiger partial charge in [-0.15, -0.1) is 5.10 Å². The number of nitrogens with one attached hydrogen (secondary N) is 1. The van der Waals surface area contributed by atoms with Gasteiger partial charge in [-0.1, -0.05) is 42.1 Å². The molecule has 6 nitrogen and oxygen atoms in total. The van der Waals surface area contributed by atoms with Crippen molar-refractivity contribution in [3.8, 4) is 0 Å². The molecule has 1 heterocycles. The van der Waals surface area contributed by atoms with E-state index < -0.39 is 0 Å². The molecule has 1 amide bonds. The van der Waals surface area contributed by atoms with Gasteiger partial charge < -0.3 is 5.32 Å². The predicted molar refractivity (Wildman–Crippen MR) is 91.5 cm³/mol. The highest BCUT2D eigenvalue weighted by molar-refractivity contribution is 7.99. The molecular weight excluding hydrogens is 322 g/mol. The molecule has 2 aromatic rings. The lowest BCUT2D eigenvalue weighted by Gasteiger charge is -2.17. The molecule has 24 heavy (non-hydrogen) atoms. The van der Waals surface area contributed by atoms with Gasteiger partial charge in [-0.2, -0.15) is 0 Å². The van der Waals surface area contributed by atoms with Crippen molar-refractivity contribution in [1.29, 1.82) is 0 Å². The molecule has 7 heteroatoms.